The summed E-state index contributed by atoms with van der Waals surface area (Å²) in [6.45, 7) is 0.722. The number of nitrogens with zero attached hydrogens (tertiary/aromatic N) is 6. The lowest BCUT2D eigenvalue weighted by atomic mass is 10.0. The molecule has 6 nitrogen and oxygen atoms in total. The van der Waals surface area contributed by atoms with Gasteiger partial charge in [-0.15, -0.1) is 0 Å². The van der Waals surface area contributed by atoms with Crippen LogP contribution in [-0.4, -0.2) is 30.5 Å². The number of imidazole rings is 1. The first-order valence-electron chi connectivity index (χ1n) is 10.1. The minimum Gasteiger partial charge on any atom is -0.334 e. The summed E-state index contributed by atoms with van der Waals surface area (Å²) < 4.78 is 17.4. The number of hydrogen-bond acceptors (Lipinski definition) is 4. The van der Waals surface area contributed by atoms with Crippen LogP contribution in [0.25, 0.3) is 33.4 Å². The quantitative estimate of drug-likeness (QED) is 0.505. The normalized spacial score (nSPS) is 18.7. The van der Waals surface area contributed by atoms with Gasteiger partial charge in [0.15, 0.2) is 0 Å². The third-order valence-electron chi connectivity index (χ3n) is 5.88. The molecule has 3 heterocycles. The van der Waals surface area contributed by atoms with Crippen molar-refractivity contribution in [1.29, 1.82) is 5.26 Å². The molecule has 1 aliphatic carbocycles. The fourth-order valence-electron chi connectivity index (χ4n) is 4.30. The minimum absolute atomic E-state index is 0.331. The smallest absolute Gasteiger partial charge is 0.141 e. The van der Waals surface area contributed by atoms with E-state index in [4.69, 9.17) is 0 Å². The lowest BCUT2D eigenvalue weighted by molar-refractivity contribution is 0.320. The molecule has 7 heteroatoms. The van der Waals surface area contributed by atoms with Gasteiger partial charge in [0.2, 0.25) is 0 Å². The highest BCUT2D eigenvalue weighted by Crippen LogP contribution is 2.33. The van der Waals surface area contributed by atoms with E-state index in [1.807, 2.05) is 53.0 Å². The molecule has 0 spiro atoms. The van der Waals surface area contributed by atoms with Crippen molar-refractivity contribution in [3.8, 4) is 28.5 Å². The van der Waals surface area contributed by atoms with Gasteiger partial charge in [-0.3, -0.25) is 4.68 Å². The van der Waals surface area contributed by atoms with Crippen molar-refractivity contribution >= 4 is 11.0 Å². The number of halogens is 1. The van der Waals surface area contributed by atoms with Crippen LogP contribution in [-0.2, 0) is 13.6 Å². The van der Waals surface area contributed by atoms with Gasteiger partial charge in [-0.05, 0) is 49.4 Å². The third kappa shape index (κ3) is 3.35. The average molecular weight is 400 g/mol. The highest BCUT2D eigenvalue weighted by atomic mass is 19.1. The van der Waals surface area contributed by atoms with E-state index in [0.717, 1.165) is 46.4 Å². The Morgan fingerprint density at radius 1 is 1.20 bits per heavy atom. The van der Waals surface area contributed by atoms with Gasteiger partial charge >= 0.3 is 0 Å². The first kappa shape index (κ1) is 18.5. The number of fused-ring (bicyclic) bond motifs is 1. The van der Waals surface area contributed by atoms with E-state index in [1.165, 1.54) is 0 Å². The molecular weight excluding hydrogens is 379 g/mol. The molecule has 0 radical (unpaired) electrons. The summed E-state index contributed by atoms with van der Waals surface area (Å²) in [5.41, 5.74) is 5.74. The number of nitriles is 1. The largest absolute Gasteiger partial charge is 0.334 e. The number of benzene rings is 1. The maximum atomic E-state index is 13.5. The molecule has 0 N–H and O–H groups in total. The second-order valence-corrected chi connectivity index (χ2v) is 7.99. The van der Waals surface area contributed by atoms with E-state index in [1.54, 1.807) is 12.4 Å². The zero-order chi connectivity index (χ0) is 20.7. The van der Waals surface area contributed by atoms with Gasteiger partial charge in [-0.25, -0.2) is 14.4 Å². The van der Waals surface area contributed by atoms with Gasteiger partial charge in [0, 0.05) is 36.5 Å². The van der Waals surface area contributed by atoms with E-state index in [2.05, 4.69) is 21.1 Å². The number of aryl methyl sites for hydroxylation is 1. The molecular formula is C23H21FN6. The Balaban J connectivity index is 1.53. The molecule has 4 aromatic rings. The van der Waals surface area contributed by atoms with Crippen LogP contribution in [0.5, 0.6) is 0 Å². The van der Waals surface area contributed by atoms with Gasteiger partial charge < -0.3 is 4.57 Å². The van der Waals surface area contributed by atoms with E-state index in [9.17, 15) is 9.65 Å². The number of hydrogen-bond donors (Lipinski definition) is 0. The van der Waals surface area contributed by atoms with E-state index in [-0.39, 0.29) is 0 Å². The van der Waals surface area contributed by atoms with Gasteiger partial charge in [-0.1, -0.05) is 6.07 Å². The van der Waals surface area contributed by atoms with Crippen molar-refractivity contribution < 1.29 is 4.39 Å². The van der Waals surface area contributed by atoms with Gasteiger partial charge in [-0.2, -0.15) is 10.4 Å². The molecule has 0 amide bonds. The Morgan fingerprint density at radius 3 is 2.90 bits per heavy atom. The van der Waals surface area contributed by atoms with Crippen molar-refractivity contribution in [1.82, 2.24) is 24.3 Å². The summed E-state index contributed by atoms with van der Waals surface area (Å²) in [5.74, 6) is 0.331. The monoisotopic (exact) mass is 400 g/mol. The van der Waals surface area contributed by atoms with Crippen LogP contribution in [0.1, 0.15) is 25.0 Å². The Kier molecular flexibility index (Phi) is 4.55. The average Bonchev–Trinajstić information content (AvgIpc) is 3.48. The summed E-state index contributed by atoms with van der Waals surface area (Å²) in [7, 11) is 1.96. The zero-order valence-corrected chi connectivity index (χ0v) is 16.7. The summed E-state index contributed by atoms with van der Waals surface area (Å²) in [4.78, 5) is 9.03. The van der Waals surface area contributed by atoms with Crippen LogP contribution in [0.2, 0.25) is 0 Å². The Hall–Kier alpha value is -3.53. The van der Waals surface area contributed by atoms with Gasteiger partial charge in [0.05, 0.1) is 29.3 Å². The molecule has 1 fully saturated rings. The molecule has 2 atom stereocenters. The predicted octanol–water partition coefficient (Wildman–Crippen LogP) is 4.51. The lowest BCUT2D eigenvalue weighted by Crippen LogP contribution is -2.08. The molecule has 0 bridgehead atoms. The second-order valence-electron chi connectivity index (χ2n) is 7.99. The molecule has 150 valence electrons. The second kappa shape index (κ2) is 7.38. The third-order valence-corrected chi connectivity index (χ3v) is 5.88. The SMILES string of the molecule is Cn1cnc2cc(-c3nc(C#N)ccc3-c3cnn(C[C@@H]4CC[C@@H](F)C4)c3)ccc21. The van der Waals surface area contributed by atoms with Crippen molar-refractivity contribution in [3.05, 3.63) is 54.7 Å². The van der Waals surface area contributed by atoms with Crippen molar-refractivity contribution in [2.45, 2.75) is 32.0 Å². The maximum absolute atomic E-state index is 13.5. The van der Waals surface area contributed by atoms with Gasteiger partial charge in [0.25, 0.3) is 0 Å². The maximum Gasteiger partial charge on any atom is 0.141 e. The molecule has 5 rings (SSSR count). The van der Waals surface area contributed by atoms with E-state index < -0.39 is 6.17 Å². The Labute approximate surface area is 173 Å². The van der Waals surface area contributed by atoms with Crippen LogP contribution in [0.15, 0.2) is 49.1 Å². The van der Waals surface area contributed by atoms with Crippen LogP contribution in [0.3, 0.4) is 0 Å². The van der Waals surface area contributed by atoms with Crippen LogP contribution in [0, 0.1) is 17.2 Å². The standard InChI is InChI=1S/C23H21FN6/c1-29-14-26-21-9-16(3-7-22(21)29)23-20(6-5-19(10-25)28-23)17-11-27-30(13-17)12-15-2-4-18(24)8-15/h3,5-7,9,11,13-15,18H,2,4,8,12H2,1H3/t15-,18-/m1/s1. The Bertz CT molecular complexity index is 1260. The summed E-state index contributed by atoms with van der Waals surface area (Å²) >= 11 is 0. The molecule has 0 saturated heterocycles. The molecule has 1 aliphatic rings. The molecule has 1 saturated carbocycles. The van der Waals surface area contributed by atoms with Gasteiger partial charge in [0.1, 0.15) is 17.9 Å². The fourth-order valence-corrected chi connectivity index (χ4v) is 4.30. The van der Waals surface area contributed by atoms with Crippen molar-refractivity contribution in [3.63, 3.8) is 0 Å². The molecule has 1 aromatic carbocycles. The molecule has 0 aliphatic heterocycles. The number of aromatic nitrogens is 5. The topological polar surface area (TPSA) is 72.3 Å². The fraction of sp³-hybridized carbons (Fsp3) is 0.304. The highest BCUT2D eigenvalue weighted by molar-refractivity contribution is 5.86. The highest BCUT2D eigenvalue weighted by Gasteiger charge is 2.24. The molecule has 30 heavy (non-hydrogen) atoms. The van der Waals surface area contributed by atoms with E-state index >= 15 is 0 Å². The summed E-state index contributed by atoms with van der Waals surface area (Å²) in [6.07, 6.45) is 7.07. The molecule has 3 aromatic heterocycles. The first-order chi connectivity index (χ1) is 14.6. The Morgan fingerprint density at radius 2 is 2.10 bits per heavy atom. The van der Waals surface area contributed by atoms with Crippen molar-refractivity contribution in [2.75, 3.05) is 0 Å². The minimum atomic E-state index is -0.680. The first-order valence-corrected chi connectivity index (χ1v) is 10.1. The van der Waals surface area contributed by atoms with Crippen LogP contribution in [0.4, 0.5) is 4.39 Å². The predicted molar refractivity (Wildman–Crippen MR) is 112 cm³/mol. The number of rotatable bonds is 4. The zero-order valence-electron chi connectivity index (χ0n) is 16.7. The lowest BCUT2D eigenvalue weighted by Gasteiger charge is -2.09. The summed E-state index contributed by atoms with van der Waals surface area (Å²) in [5, 5.41) is 13.9. The number of pyridine rings is 1. The number of alkyl halides is 1. The molecule has 0 unspecified atom stereocenters. The summed E-state index contributed by atoms with van der Waals surface area (Å²) in [6, 6.07) is 11.8. The van der Waals surface area contributed by atoms with Crippen LogP contribution >= 0.6 is 0 Å². The van der Waals surface area contributed by atoms with Crippen molar-refractivity contribution in [2.24, 2.45) is 13.0 Å². The van der Waals surface area contributed by atoms with Crippen LogP contribution < -0.4 is 0 Å². The van der Waals surface area contributed by atoms with E-state index in [0.29, 0.717) is 24.5 Å².